The van der Waals surface area contributed by atoms with Crippen molar-refractivity contribution in [2.45, 2.75) is 20.0 Å². The first-order valence-electron chi connectivity index (χ1n) is 11.9. The zero-order valence-electron chi connectivity index (χ0n) is 20.5. The number of amides is 1. The van der Waals surface area contributed by atoms with Crippen LogP contribution < -0.4 is 14.8 Å². The third kappa shape index (κ3) is 5.59. The Labute approximate surface area is 213 Å². The number of morpholine rings is 1. The molecule has 0 spiro atoms. The number of hydrogen-bond donors (Lipinski definition) is 1. The van der Waals surface area contributed by atoms with Gasteiger partial charge < -0.3 is 24.4 Å². The fourth-order valence-electron chi connectivity index (χ4n) is 3.99. The molecule has 0 unspecified atom stereocenters. The number of benzene rings is 2. The number of ether oxygens (including phenoxy) is 3. The predicted molar refractivity (Wildman–Crippen MR) is 136 cm³/mol. The highest BCUT2D eigenvalue weighted by molar-refractivity contribution is 5.96. The number of carbonyl (C=O) groups excluding carboxylic acids is 1. The number of halogens is 1. The van der Waals surface area contributed by atoms with E-state index in [0.29, 0.717) is 60.2 Å². The SMILES string of the molecule is Cc1ccc(Oc2ccc(Nc3ncnc4cccc(O[C@H](C)C(=O)N5CCOCC5)c34)cc2F)cn1. The molecule has 1 fully saturated rings. The van der Waals surface area contributed by atoms with Gasteiger partial charge in [-0.15, -0.1) is 0 Å². The van der Waals surface area contributed by atoms with E-state index in [0.717, 1.165) is 5.69 Å². The summed E-state index contributed by atoms with van der Waals surface area (Å²) in [6, 6.07) is 13.4. The smallest absolute Gasteiger partial charge is 0.263 e. The first kappa shape index (κ1) is 24.4. The molecule has 190 valence electrons. The molecular weight excluding hydrogens is 477 g/mol. The third-order valence-electron chi connectivity index (χ3n) is 5.91. The van der Waals surface area contributed by atoms with Crippen LogP contribution in [0.2, 0.25) is 0 Å². The molecule has 1 aliphatic heterocycles. The average Bonchev–Trinajstić information content (AvgIpc) is 2.91. The molecule has 0 radical (unpaired) electrons. The molecule has 3 heterocycles. The molecule has 0 bridgehead atoms. The van der Waals surface area contributed by atoms with Crippen LogP contribution in [0.1, 0.15) is 12.6 Å². The Balaban J connectivity index is 1.37. The molecule has 10 heteroatoms. The van der Waals surface area contributed by atoms with Crippen molar-refractivity contribution in [2.75, 3.05) is 31.6 Å². The molecule has 37 heavy (non-hydrogen) atoms. The molecule has 1 saturated heterocycles. The van der Waals surface area contributed by atoms with Gasteiger partial charge in [-0.05, 0) is 50.2 Å². The highest BCUT2D eigenvalue weighted by atomic mass is 19.1. The Morgan fingerprint density at radius 1 is 1.08 bits per heavy atom. The zero-order chi connectivity index (χ0) is 25.8. The molecule has 5 rings (SSSR count). The first-order valence-corrected chi connectivity index (χ1v) is 11.9. The van der Waals surface area contributed by atoms with Crippen LogP contribution in [0.4, 0.5) is 15.9 Å². The summed E-state index contributed by atoms with van der Waals surface area (Å²) in [6.45, 7) is 5.66. The second-order valence-corrected chi connectivity index (χ2v) is 8.58. The molecule has 0 aliphatic carbocycles. The fraction of sp³-hybridized carbons (Fsp3) is 0.259. The third-order valence-corrected chi connectivity index (χ3v) is 5.91. The molecule has 4 aromatic rings. The number of pyridine rings is 1. The Hall–Kier alpha value is -4.31. The highest BCUT2D eigenvalue weighted by Crippen LogP contribution is 2.33. The lowest BCUT2D eigenvalue weighted by Gasteiger charge is -2.29. The maximum absolute atomic E-state index is 14.9. The van der Waals surface area contributed by atoms with Gasteiger partial charge in [-0.2, -0.15) is 0 Å². The van der Waals surface area contributed by atoms with Crippen LogP contribution in [-0.4, -0.2) is 58.2 Å². The Morgan fingerprint density at radius 2 is 1.92 bits per heavy atom. The molecular formula is C27H26FN5O4. The van der Waals surface area contributed by atoms with Crippen LogP contribution in [0.5, 0.6) is 17.2 Å². The summed E-state index contributed by atoms with van der Waals surface area (Å²) in [5.41, 5.74) is 1.92. The molecule has 2 aromatic carbocycles. The minimum Gasteiger partial charge on any atom is -0.480 e. The number of nitrogens with zero attached hydrogens (tertiary/aromatic N) is 4. The van der Waals surface area contributed by atoms with E-state index in [2.05, 4.69) is 20.3 Å². The van der Waals surface area contributed by atoms with Crippen molar-refractivity contribution in [3.05, 3.63) is 72.6 Å². The van der Waals surface area contributed by atoms with Crippen molar-refractivity contribution in [2.24, 2.45) is 0 Å². The quantitative estimate of drug-likeness (QED) is 0.390. The van der Waals surface area contributed by atoms with Crippen LogP contribution in [0.25, 0.3) is 10.9 Å². The van der Waals surface area contributed by atoms with Crippen LogP contribution in [0, 0.1) is 12.7 Å². The topological polar surface area (TPSA) is 98.7 Å². The van der Waals surface area contributed by atoms with Crippen LogP contribution >= 0.6 is 0 Å². The van der Waals surface area contributed by atoms with Gasteiger partial charge in [0.1, 0.15) is 23.6 Å². The van der Waals surface area contributed by atoms with Crippen molar-refractivity contribution < 1.29 is 23.4 Å². The summed E-state index contributed by atoms with van der Waals surface area (Å²) in [4.78, 5) is 27.4. The largest absolute Gasteiger partial charge is 0.480 e. The fourth-order valence-corrected chi connectivity index (χ4v) is 3.99. The second-order valence-electron chi connectivity index (χ2n) is 8.58. The van der Waals surface area contributed by atoms with E-state index in [-0.39, 0.29) is 11.7 Å². The van der Waals surface area contributed by atoms with E-state index >= 15 is 0 Å². The maximum atomic E-state index is 14.9. The van der Waals surface area contributed by atoms with Crippen LogP contribution in [-0.2, 0) is 9.53 Å². The summed E-state index contributed by atoms with van der Waals surface area (Å²) >= 11 is 0. The van der Waals surface area contributed by atoms with Crippen molar-refractivity contribution in [3.8, 4) is 17.2 Å². The highest BCUT2D eigenvalue weighted by Gasteiger charge is 2.25. The van der Waals surface area contributed by atoms with Gasteiger partial charge >= 0.3 is 0 Å². The summed E-state index contributed by atoms with van der Waals surface area (Å²) in [5, 5.41) is 3.72. The lowest BCUT2D eigenvalue weighted by Crippen LogP contribution is -2.46. The number of nitrogens with one attached hydrogen (secondary N) is 1. The van der Waals surface area contributed by atoms with Crippen LogP contribution in [0.15, 0.2) is 61.1 Å². The van der Waals surface area contributed by atoms with E-state index in [4.69, 9.17) is 14.2 Å². The Kier molecular flexibility index (Phi) is 7.09. The molecule has 1 amide bonds. The van der Waals surface area contributed by atoms with Gasteiger partial charge in [0.05, 0.1) is 30.3 Å². The van der Waals surface area contributed by atoms with Gasteiger partial charge in [-0.1, -0.05) is 6.07 Å². The van der Waals surface area contributed by atoms with Gasteiger partial charge in [0, 0.05) is 30.5 Å². The normalized spacial score (nSPS) is 14.3. The van der Waals surface area contributed by atoms with E-state index in [1.54, 1.807) is 48.4 Å². The number of rotatable bonds is 7. The lowest BCUT2D eigenvalue weighted by atomic mass is 10.2. The number of hydrogen-bond acceptors (Lipinski definition) is 8. The minimum absolute atomic E-state index is 0.0724. The standard InChI is InChI=1S/C27H26FN5O4/c1-17-6-8-20(15-29-17)37-23-9-7-19(14-21(23)28)32-26-25-22(30-16-31-26)4-3-5-24(25)36-18(2)27(34)33-10-12-35-13-11-33/h3-9,14-16,18H,10-13H2,1-2H3,(H,30,31,32)/t18-/m1/s1. The number of aromatic nitrogens is 3. The van der Waals surface area contributed by atoms with Crippen molar-refractivity contribution in [3.63, 3.8) is 0 Å². The van der Waals surface area contributed by atoms with Gasteiger partial charge in [0.15, 0.2) is 17.7 Å². The van der Waals surface area contributed by atoms with Crippen molar-refractivity contribution in [1.29, 1.82) is 0 Å². The van der Waals surface area contributed by atoms with Gasteiger partial charge in [-0.25, -0.2) is 14.4 Å². The molecule has 2 aromatic heterocycles. The monoisotopic (exact) mass is 503 g/mol. The van der Waals surface area contributed by atoms with Gasteiger partial charge in [0.25, 0.3) is 5.91 Å². The minimum atomic E-state index is -0.720. The number of carbonyl (C=O) groups is 1. The second kappa shape index (κ2) is 10.8. The summed E-state index contributed by atoms with van der Waals surface area (Å²) in [5.74, 6) is 0.709. The molecule has 1 N–H and O–H groups in total. The summed E-state index contributed by atoms with van der Waals surface area (Å²) in [6.07, 6.45) is 2.23. The summed E-state index contributed by atoms with van der Waals surface area (Å²) in [7, 11) is 0. The van der Waals surface area contributed by atoms with E-state index in [1.165, 1.54) is 18.5 Å². The van der Waals surface area contributed by atoms with Gasteiger partial charge in [-0.3, -0.25) is 9.78 Å². The number of anilines is 2. The van der Waals surface area contributed by atoms with Gasteiger partial charge in [0.2, 0.25) is 0 Å². The molecule has 0 saturated carbocycles. The predicted octanol–water partition coefficient (Wildman–Crippen LogP) is 4.63. The number of aryl methyl sites for hydroxylation is 1. The van der Waals surface area contributed by atoms with E-state index in [9.17, 15) is 9.18 Å². The number of fused-ring (bicyclic) bond motifs is 1. The van der Waals surface area contributed by atoms with Crippen molar-refractivity contribution in [1.82, 2.24) is 19.9 Å². The van der Waals surface area contributed by atoms with Crippen molar-refractivity contribution >= 4 is 28.3 Å². The maximum Gasteiger partial charge on any atom is 0.263 e. The molecule has 1 aliphatic rings. The van der Waals surface area contributed by atoms with E-state index < -0.39 is 11.9 Å². The molecule has 1 atom stereocenters. The zero-order valence-corrected chi connectivity index (χ0v) is 20.5. The lowest BCUT2D eigenvalue weighted by molar-refractivity contribution is -0.142. The van der Waals surface area contributed by atoms with E-state index in [1.807, 2.05) is 13.0 Å². The molecule has 9 nitrogen and oxygen atoms in total. The summed E-state index contributed by atoms with van der Waals surface area (Å²) < 4.78 is 31.9. The average molecular weight is 504 g/mol. The Bertz CT molecular complexity index is 1400. The Morgan fingerprint density at radius 3 is 2.68 bits per heavy atom. The van der Waals surface area contributed by atoms with Crippen LogP contribution in [0.3, 0.4) is 0 Å². The first-order chi connectivity index (χ1) is 18.0.